The van der Waals surface area contributed by atoms with Crippen molar-refractivity contribution in [3.05, 3.63) is 63.6 Å². The summed E-state index contributed by atoms with van der Waals surface area (Å²) >= 11 is 3.14. The van der Waals surface area contributed by atoms with Crippen molar-refractivity contribution >= 4 is 15.9 Å². The summed E-state index contributed by atoms with van der Waals surface area (Å²) in [7, 11) is 1.82. The Kier molecular flexibility index (Phi) is 3.95. The summed E-state index contributed by atoms with van der Waals surface area (Å²) in [5, 5.41) is 3.16. The average molecular weight is 354 g/mol. The summed E-state index contributed by atoms with van der Waals surface area (Å²) in [5.74, 6) is 0.0306. The van der Waals surface area contributed by atoms with Gasteiger partial charge in [0.25, 0.3) is 0 Å². The molecule has 0 fully saturated rings. The minimum atomic E-state index is -0.318. The maximum atomic E-state index is 13.7. The van der Waals surface area contributed by atoms with Gasteiger partial charge in [-0.2, -0.15) is 0 Å². The van der Waals surface area contributed by atoms with Crippen LogP contribution in [0.3, 0.4) is 0 Å². The molecule has 1 aliphatic rings. The van der Waals surface area contributed by atoms with Crippen molar-refractivity contribution in [1.82, 2.24) is 5.32 Å². The van der Waals surface area contributed by atoms with Gasteiger partial charge in [-0.15, -0.1) is 0 Å². The largest absolute Gasteiger partial charge is 0.485 e. The number of rotatable bonds is 2. The summed E-state index contributed by atoms with van der Waals surface area (Å²) < 4.78 is 33.4. The highest BCUT2D eigenvalue weighted by Gasteiger charge is 2.29. The van der Waals surface area contributed by atoms with Crippen molar-refractivity contribution in [1.29, 1.82) is 0 Å². The van der Waals surface area contributed by atoms with Gasteiger partial charge in [-0.3, -0.25) is 0 Å². The van der Waals surface area contributed by atoms with E-state index in [4.69, 9.17) is 4.74 Å². The number of nitrogens with one attached hydrogen (secondary N) is 1. The molecule has 1 N–H and O–H groups in total. The molecule has 0 saturated heterocycles. The van der Waals surface area contributed by atoms with Gasteiger partial charge in [-0.05, 0) is 58.9 Å². The standard InChI is InChI=1S/C16H14BrF2NO/c1-20-14-8-16(9-2-4-12(17)13(19)6-9)21-15-5-3-10(18)7-11(14)15/h2-7,14,16,20H,8H2,1H3. The Morgan fingerprint density at radius 3 is 2.71 bits per heavy atom. The van der Waals surface area contributed by atoms with Gasteiger partial charge in [0, 0.05) is 18.0 Å². The smallest absolute Gasteiger partial charge is 0.137 e. The van der Waals surface area contributed by atoms with Crippen LogP contribution in [0.5, 0.6) is 5.75 Å². The van der Waals surface area contributed by atoms with Gasteiger partial charge in [0.05, 0.1) is 4.47 Å². The number of halogens is 3. The maximum absolute atomic E-state index is 13.7. The molecule has 2 aromatic carbocycles. The Bertz CT molecular complexity index is 677. The number of benzene rings is 2. The van der Waals surface area contributed by atoms with Crippen LogP contribution in [0.15, 0.2) is 40.9 Å². The fourth-order valence-electron chi connectivity index (χ4n) is 2.63. The highest BCUT2D eigenvalue weighted by molar-refractivity contribution is 9.10. The lowest BCUT2D eigenvalue weighted by Gasteiger charge is -2.32. The predicted molar refractivity (Wildman–Crippen MR) is 80.3 cm³/mol. The summed E-state index contributed by atoms with van der Waals surface area (Å²) in [4.78, 5) is 0. The molecule has 2 nitrogen and oxygen atoms in total. The summed E-state index contributed by atoms with van der Waals surface area (Å²) in [6, 6.07) is 9.42. The van der Waals surface area contributed by atoms with E-state index in [-0.39, 0.29) is 23.8 Å². The molecule has 1 heterocycles. The molecule has 1 aliphatic heterocycles. The molecule has 3 rings (SSSR count). The molecule has 2 atom stereocenters. The molecule has 0 bridgehead atoms. The van der Waals surface area contributed by atoms with Gasteiger partial charge in [0.1, 0.15) is 23.5 Å². The van der Waals surface area contributed by atoms with E-state index in [1.807, 2.05) is 13.1 Å². The topological polar surface area (TPSA) is 21.3 Å². The Hall–Kier alpha value is -1.46. The zero-order chi connectivity index (χ0) is 15.0. The van der Waals surface area contributed by atoms with Crippen LogP contribution in [-0.4, -0.2) is 7.05 Å². The lowest BCUT2D eigenvalue weighted by molar-refractivity contribution is 0.153. The van der Waals surface area contributed by atoms with Crippen LogP contribution in [0.4, 0.5) is 8.78 Å². The Labute approximate surface area is 130 Å². The van der Waals surface area contributed by atoms with Gasteiger partial charge in [0.2, 0.25) is 0 Å². The van der Waals surface area contributed by atoms with E-state index in [1.165, 1.54) is 18.2 Å². The van der Waals surface area contributed by atoms with E-state index in [0.717, 1.165) is 11.1 Å². The monoisotopic (exact) mass is 353 g/mol. The normalized spacial score (nSPS) is 20.8. The molecule has 2 unspecified atom stereocenters. The number of hydrogen-bond donors (Lipinski definition) is 1. The van der Waals surface area contributed by atoms with E-state index < -0.39 is 0 Å². The Morgan fingerprint density at radius 2 is 2.00 bits per heavy atom. The SMILES string of the molecule is CNC1CC(c2ccc(Br)c(F)c2)Oc2ccc(F)cc21. The third-order valence-electron chi connectivity index (χ3n) is 3.73. The molecular weight excluding hydrogens is 340 g/mol. The van der Waals surface area contributed by atoms with Crippen LogP contribution in [0, 0.1) is 11.6 Å². The zero-order valence-corrected chi connectivity index (χ0v) is 13.0. The average Bonchev–Trinajstić information content (AvgIpc) is 2.49. The molecule has 0 radical (unpaired) electrons. The number of hydrogen-bond acceptors (Lipinski definition) is 2. The second-order valence-electron chi connectivity index (χ2n) is 5.04. The third-order valence-corrected chi connectivity index (χ3v) is 4.37. The molecule has 0 aromatic heterocycles. The summed E-state index contributed by atoms with van der Waals surface area (Å²) in [6.07, 6.45) is 0.358. The van der Waals surface area contributed by atoms with Crippen molar-refractivity contribution in [2.24, 2.45) is 0 Å². The van der Waals surface area contributed by atoms with Crippen LogP contribution >= 0.6 is 15.9 Å². The van der Waals surface area contributed by atoms with Crippen molar-refractivity contribution in [2.45, 2.75) is 18.6 Å². The van der Waals surface area contributed by atoms with Crippen LogP contribution in [0.1, 0.15) is 29.7 Å². The van der Waals surface area contributed by atoms with Crippen molar-refractivity contribution < 1.29 is 13.5 Å². The predicted octanol–water partition coefficient (Wildman–Crippen LogP) is 4.51. The van der Waals surface area contributed by atoms with Gasteiger partial charge in [0.15, 0.2) is 0 Å². The summed E-state index contributed by atoms with van der Waals surface area (Å²) in [5.41, 5.74) is 1.57. The summed E-state index contributed by atoms with van der Waals surface area (Å²) in [6.45, 7) is 0. The quantitative estimate of drug-likeness (QED) is 0.857. The van der Waals surface area contributed by atoms with Crippen molar-refractivity contribution in [3.63, 3.8) is 0 Å². The molecule has 0 spiro atoms. The highest BCUT2D eigenvalue weighted by atomic mass is 79.9. The van der Waals surface area contributed by atoms with Crippen molar-refractivity contribution in [3.8, 4) is 5.75 Å². The fourth-order valence-corrected chi connectivity index (χ4v) is 2.88. The van der Waals surface area contributed by atoms with E-state index in [9.17, 15) is 8.78 Å². The second-order valence-corrected chi connectivity index (χ2v) is 5.89. The molecule has 0 saturated carbocycles. The molecule has 0 aliphatic carbocycles. The van der Waals surface area contributed by atoms with E-state index in [1.54, 1.807) is 12.1 Å². The Morgan fingerprint density at radius 1 is 1.19 bits per heavy atom. The molecule has 2 aromatic rings. The van der Waals surface area contributed by atoms with Crippen LogP contribution in [0.2, 0.25) is 0 Å². The number of ether oxygens (including phenoxy) is 1. The van der Waals surface area contributed by atoms with E-state index in [0.29, 0.717) is 16.6 Å². The first-order valence-electron chi connectivity index (χ1n) is 6.67. The fraction of sp³-hybridized carbons (Fsp3) is 0.250. The second kappa shape index (κ2) is 5.73. The van der Waals surface area contributed by atoms with Gasteiger partial charge < -0.3 is 10.1 Å². The van der Waals surface area contributed by atoms with Gasteiger partial charge in [-0.1, -0.05) is 6.07 Å². The lowest BCUT2D eigenvalue weighted by atomic mass is 9.93. The molecule has 21 heavy (non-hydrogen) atoms. The lowest BCUT2D eigenvalue weighted by Crippen LogP contribution is -2.27. The van der Waals surface area contributed by atoms with Gasteiger partial charge >= 0.3 is 0 Å². The number of fused-ring (bicyclic) bond motifs is 1. The van der Waals surface area contributed by atoms with Crippen molar-refractivity contribution in [2.75, 3.05) is 7.05 Å². The third kappa shape index (κ3) is 2.80. The van der Waals surface area contributed by atoms with E-state index >= 15 is 0 Å². The van der Waals surface area contributed by atoms with Crippen LogP contribution in [-0.2, 0) is 0 Å². The Balaban J connectivity index is 1.96. The maximum Gasteiger partial charge on any atom is 0.137 e. The first-order chi connectivity index (χ1) is 10.1. The van der Waals surface area contributed by atoms with E-state index in [2.05, 4.69) is 21.2 Å². The zero-order valence-electron chi connectivity index (χ0n) is 11.4. The minimum Gasteiger partial charge on any atom is -0.485 e. The first-order valence-corrected chi connectivity index (χ1v) is 7.46. The molecule has 0 amide bonds. The highest BCUT2D eigenvalue weighted by Crippen LogP contribution is 2.41. The minimum absolute atomic E-state index is 0.0267. The molecule has 5 heteroatoms. The molecule has 110 valence electrons. The van der Waals surface area contributed by atoms with Crippen LogP contribution in [0.25, 0.3) is 0 Å². The first kappa shape index (κ1) is 14.5. The molecular formula is C16H14BrF2NO. The van der Waals surface area contributed by atoms with Crippen LogP contribution < -0.4 is 10.1 Å². The van der Waals surface area contributed by atoms with Gasteiger partial charge in [-0.25, -0.2) is 8.78 Å².